The van der Waals surface area contributed by atoms with Gasteiger partial charge < -0.3 is 0 Å². The Bertz CT molecular complexity index is 1110. The van der Waals surface area contributed by atoms with E-state index in [1.807, 2.05) is 0 Å². The van der Waals surface area contributed by atoms with Crippen LogP contribution in [0.25, 0.3) is 0 Å². The molecule has 0 heterocycles. The van der Waals surface area contributed by atoms with Crippen molar-refractivity contribution in [1.82, 2.24) is 4.72 Å². The average Bonchev–Trinajstić information content (AvgIpc) is 3.00. The van der Waals surface area contributed by atoms with E-state index >= 15 is 0 Å². The van der Waals surface area contributed by atoms with Gasteiger partial charge in [0.05, 0.1) is 10.8 Å². The second kappa shape index (κ2) is 9.37. The first-order valence-corrected chi connectivity index (χ1v) is 13.1. The van der Waals surface area contributed by atoms with Crippen molar-refractivity contribution in [3.8, 4) is 0 Å². The monoisotopic (exact) mass is 483 g/mol. The van der Waals surface area contributed by atoms with E-state index in [1.54, 1.807) is 12.1 Å². The van der Waals surface area contributed by atoms with Crippen LogP contribution in [0.2, 0.25) is 0 Å². The minimum atomic E-state index is -4.40. The maximum atomic E-state index is 14.8. The third kappa shape index (κ3) is 5.27. The van der Waals surface area contributed by atoms with E-state index in [2.05, 4.69) is 11.6 Å². The first kappa shape index (κ1) is 24.2. The maximum absolute atomic E-state index is 14.8. The molecule has 2 unspecified atom stereocenters. The smallest absolute Gasteiger partial charge is 0.212 e. The van der Waals surface area contributed by atoms with E-state index < -0.39 is 32.8 Å². The molecule has 2 aromatic rings. The molecular weight excluding hydrogens is 454 g/mol. The topological polar surface area (TPSA) is 46.2 Å². The second-order valence-corrected chi connectivity index (χ2v) is 11.4. The number of benzene rings is 2. The number of halogens is 4. The van der Waals surface area contributed by atoms with E-state index in [1.165, 1.54) is 18.2 Å². The molecule has 0 bridgehead atoms. The van der Waals surface area contributed by atoms with E-state index in [-0.39, 0.29) is 23.9 Å². The van der Waals surface area contributed by atoms with Gasteiger partial charge in [0.25, 0.3) is 0 Å². The summed E-state index contributed by atoms with van der Waals surface area (Å²) in [4.78, 5) is 0. The SMILES string of the molecule is CCCC1Cc2cc(F)c(CNS(=O)(=O)C3CCC3)cc2C1Cc1cccc(C(F)(F)F)c1. The van der Waals surface area contributed by atoms with Gasteiger partial charge in [0.1, 0.15) is 5.82 Å². The van der Waals surface area contributed by atoms with E-state index in [4.69, 9.17) is 0 Å². The number of sulfonamides is 1. The van der Waals surface area contributed by atoms with Crippen molar-refractivity contribution in [2.75, 3.05) is 0 Å². The van der Waals surface area contributed by atoms with Crippen LogP contribution in [-0.2, 0) is 35.6 Å². The average molecular weight is 484 g/mol. The molecule has 33 heavy (non-hydrogen) atoms. The molecule has 0 aliphatic heterocycles. The Hall–Kier alpha value is -1.93. The molecule has 2 aliphatic carbocycles. The van der Waals surface area contributed by atoms with Gasteiger partial charge >= 0.3 is 6.18 Å². The van der Waals surface area contributed by atoms with Gasteiger partial charge in [-0.15, -0.1) is 0 Å². The number of hydrogen-bond donors (Lipinski definition) is 1. The summed E-state index contributed by atoms with van der Waals surface area (Å²) in [5.41, 5.74) is 2.00. The first-order valence-electron chi connectivity index (χ1n) is 11.5. The van der Waals surface area contributed by atoms with E-state index in [0.717, 1.165) is 36.5 Å². The van der Waals surface area contributed by atoms with Gasteiger partial charge in [-0.1, -0.05) is 44.0 Å². The van der Waals surface area contributed by atoms with Gasteiger partial charge in [-0.2, -0.15) is 13.2 Å². The molecule has 2 aliphatic rings. The predicted octanol–water partition coefficient (Wildman–Crippen LogP) is 6.12. The Balaban J connectivity index is 1.60. The zero-order chi connectivity index (χ0) is 23.8. The maximum Gasteiger partial charge on any atom is 0.416 e. The minimum absolute atomic E-state index is 0.0361. The molecule has 2 aromatic carbocycles. The number of hydrogen-bond acceptors (Lipinski definition) is 2. The van der Waals surface area contributed by atoms with Gasteiger partial charge in [0.2, 0.25) is 10.0 Å². The van der Waals surface area contributed by atoms with Crippen LogP contribution in [0.1, 0.15) is 72.8 Å². The Labute approximate surface area is 192 Å². The molecule has 0 aromatic heterocycles. The highest BCUT2D eigenvalue weighted by Crippen LogP contribution is 2.44. The highest BCUT2D eigenvalue weighted by atomic mass is 32.2. The number of alkyl halides is 3. The summed E-state index contributed by atoms with van der Waals surface area (Å²) in [6, 6.07) is 8.59. The van der Waals surface area contributed by atoms with Gasteiger partial charge in [-0.05, 0) is 72.8 Å². The molecule has 0 spiro atoms. The molecule has 0 radical (unpaired) electrons. The van der Waals surface area contributed by atoms with Crippen LogP contribution in [0.4, 0.5) is 17.6 Å². The summed E-state index contributed by atoms with van der Waals surface area (Å²) in [5, 5.41) is -0.405. The molecule has 0 saturated heterocycles. The molecule has 0 amide bonds. The molecule has 4 rings (SSSR count). The molecule has 8 heteroatoms. The Morgan fingerprint density at radius 3 is 2.52 bits per heavy atom. The lowest BCUT2D eigenvalue weighted by molar-refractivity contribution is -0.137. The third-order valence-corrected chi connectivity index (χ3v) is 8.98. The number of rotatable bonds is 8. The molecule has 2 atom stereocenters. The van der Waals surface area contributed by atoms with Crippen LogP contribution < -0.4 is 4.72 Å². The summed E-state index contributed by atoms with van der Waals surface area (Å²) < 4.78 is 81.6. The summed E-state index contributed by atoms with van der Waals surface area (Å²) in [5.74, 6) is -0.271. The number of fused-ring (bicyclic) bond motifs is 1. The third-order valence-electron chi connectivity index (χ3n) is 7.08. The van der Waals surface area contributed by atoms with Crippen LogP contribution in [0, 0.1) is 11.7 Å². The van der Waals surface area contributed by atoms with Crippen molar-refractivity contribution in [3.05, 3.63) is 70.0 Å². The quantitative estimate of drug-likeness (QED) is 0.460. The van der Waals surface area contributed by atoms with Crippen LogP contribution >= 0.6 is 0 Å². The lowest BCUT2D eigenvalue weighted by Gasteiger charge is -2.25. The van der Waals surface area contributed by atoms with Crippen LogP contribution in [0.5, 0.6) is 0 Å². The standard InChI is InChI=1S/C25H29F4NO2S/c1-2-5-17-12-18-14-24(26)19(15-30-33(31,32)21-8-4-9-21)13-23(18)22(17)11-16-6-3-7-20(10-16)25(27,28)29/h3,6-7,10,13-14,17,21-22,30H,2,4-5,8-9,11-12,15H2,1H3. The van der Waals surface area contributed by atoms with Gasteiger partial charge in [-0.3, -0.25) is 0 Å². The second-order valence-electron chi connectivity index (χ2n) is 9.32. The molecule has 1 N–H and O–H groups in total. The minimum Gasteiger partial charge on any atom is -0.212 e. The zero-order valence-electron chi connectivity index (χ0n) is 18.6. The van der Waals surface area contributed by atoms with Crippen LogP contribution in [0.15, 0.2) is 36.4 Å². The highest BCUT2D eigenvalue weighted by molar-refractivity contribution is 7.90. The normalized spacial score (nSPS) is 21.1. The largest absolute Gasteiger partial charge is 0.416 e. The van der Waals surface area contributed by atoms with Gasteiger partial charge in [-0.25, -0.2) is 17.5 Å². The fourth-order valence-corrected chi connectivity index (χ4v) is 6.62. The first-order chi connectivity index (χ1) is 15.6. The summed E-state index contributed by atoms with van der Waals surface area (Å²) in [7, 11) is -3.48. The van der Waals surface area contributed by atoms with Crippen molar-refractivity contribution in [1.29, 1.82) is 0 Å². The Morgan fingerprint density at radius 2 is 1.88 bits per heavy atom. The van der Waals surface area contributed by atoms with Crippen molar-refractivity contribution >= 4 is 10.0 Å². The number of nitrogens with one attached hydrogen (secondary N) is 1. The lowest BCUT2D eigenvalue weighted by Crippen LogP contribution is -2.38. The van der Waals surface area contributed by atoms with E-state index in [0.29, 0.717) is 31.2 Å². The predicted molar refractivity (Wildman–Crippen MR) is 120 cm³/mol. The van der Waals surface area contributed by atoms with Crippen molar-refractivity contribution < 1.29 is 26.0 Å². The molecule has 180 valence electrons. The fourth-order valence-electron chi connectivity index (χ4n) is 5.07. The van der Waals surface area contributed by atoms with Crippen LogP contribution in [0.3, 0.4) is 0 Å². The fraction of sp³-hybridized carbons (Fsp3) is 0.520. The molecular formula is C25H29F4NO2S. The summed E-state index contributed by atoms with van der Waals surface area (Å²) in [6.45, 7) is 1.94. The Kier molecular flexibility index (Phi) is 6.87. The highest BCUT2D eigenvalue weighted by Gasteiger charge is 2.35. The summed E-state index contributed by atoms with van der Waals surface area (Å²) >= 11 is 0. The lowest BCUT2D eigenvalue weighted by atomic mass is 9.83. The Morgan fingerprint density at radius 1 is 1.12 bits per heavy atom. The van der Waals surface area contributed by atoms with Crippen molar-refractivity contribution in [3.63, 3.8) is 0 Å². The van der Waals surface area contributed by atoms with Crippen molar-refractivity contribution in [2.45, 2.75) is 75.8 Å². The summed E-state index contributed by atoms with van der Waals surface area (Å²) in [6.07, 6.45) is 0.658. The zero-order valence-corrected chi connectivity index (χ0v) is 19.4. The molecule has 3 nitrogen and oxygen atoms in total. The molecule has 1 saturated carbocycles. The van der Waals surface area contributed by atoms with Gasteiger partial charge in [0, 0.05) is 12.1 Å². The van der Waals surface area contributed by atoms with Crippen LogP contribution in [-0.4, -0.2) is 13.7 Å². The van der Waals surface area contributed by atoms with Gasteiger partial charge in [0.15, 0.2) is 0 Å². The van der Waals surface area contributed by atoms with E-state index in [9.17, 15) is 26.0 Å². The molecule has 1 fully saturated rings. The van der Waals surface area contributed by atoms with Crippen molar-refractivity contribution in [2.24, 2.45) is 5.92 Å².